The van der Waals surface area contributed by atoms with Crippen LogP contribution in [0.3, 0.4) is 0 Å². The number of nitrogens with one attached hydrogen (secondary N) is 4. The molecule has 1 aliphatic carbocycles. The van der Waals surface area contributed by atoms with Crippen molar-refractivity contribution in [1.29, 1.82) is 0 Å². The molecule has 0 spiro atoms. The second-order valence-electron chi connectivity index (χ2n) is 16.6. The van der Waals surface area contributed by atoms with Gasteiger partial charge in [0.25, 0.3) is 0 Å². The van der Waals surface area contributed by atoms with Crippen molar-refractivity contribution in [2.45, 2.75) is 63.6 Å². The molecule has 0 aromatic heterocycles. The Hall–Kier alpha value is -7.04. The second-order valence-corrected chi connectivity index (χ2v) is 16.6. The summed E-state index contributed by atoms with van der Waals surface area (Å²) >= 11 is 0. The molecule has 10 nitrogen and oxygen atoms in total. The van der Waals surface area contributed by atoms with Gasteiger partial charge in [0.15, 0.2) is 0 Å². The first kappa shape index (κ1) is 45.0. The molecular formula is C54H56N4O6. The number of carbonyl (C=O) groups is 4. The molecule has 4 N–H and O–H groups in total. The first-order chi connectivity index (χ1) is 31.1. The molecule has 6 aromatic carbocycles. The Morgan fingerprint density at radius 2 is 1.17 bits per heavy atom. The number of ether oxygens (including phenoxy) is 2. The van der Waals surface area contributed by atoms with Crippen molar-refractivity contribution >= 4 is 29.6 Å². The number of aryl methyl sites for hydroxylation is 1. The molecule has 0 saturated carbocycles. The van der Waals surface area contributed by atoms with E-state index in [1.807, 2.05) is 86.6 Å². The van der Waals surface area contributed by atoms with Crippen molar-refractivity contribution in [2.24, 2.45) is 5.92 Å². The van der Waals surface area contributed by atoms with E-state index in [4.69, 9.17) is 9.47 Å². The summed E-state index contributed by atoms with van der Waals surface area (Å²) in [6.45, 7) is 6.43. The van der Waals surface area contributed by atoms with E-state index in [1.165, 1.54) is 7.11 Å². The molecule has 3 amide bonds. The Balaban J connectivity index is 1.05. The smallest absolute Gasteiger partial charge is 0.407 e. The Morgan fingerprint density at radius 3 is 1.73 bits per heavy atom. The van der Waals surface area contributed by atoms with Gasteiger partial charge in [0.2, 0.25) is 11.8 Å². The van der Waals surface area contributed by atoms with E-state index in [2.05, 4.69) is 88.9 Å². The normalized spacial score (nSPS) is 13.0. The third-order valence-corrected chi connectivity index (χ3v) is 12.0. The lowest BCUT2D eigenvalue weighted by atomic mass is 9.76. The van der Waals surface area contributed by atoms with Gasteiger partial charge in [-0.15, -0.1) is 0 Å². The molecule has 10 heteroatoms. The fraction of sp³-hybridized carbons (Fsp3) is 0.259. The average Bonchev–Trinajstić information content (AvgIpc) is 3.65. The Bertz CT molecular complexity index is 2440. The third-order valence-electron chi connectivity index (χ3n) is 12.0. The number of rotatable bonds is 18. The molecular weight excluding hydrogens is 801 g/mol. The lowest BCUT2D eigenvalue weighted by molar-refractivity contribution is -0.128. The Morgan fingerprint density at radius 1 is 0.625 bits per heavy atom. The van der Waals surface area contributed by atoms with Crippen molar-refractivity contribution < 1.29 is 28.7 Å². The van der Waals surface area contributed by atoms with E-state index in [9.17, 15) is 19.2 Å². The summed E-state index contributed by atoms with van der Waals surface area (Å²) in [5.41, 5.74) is 8.97. The van der Waals surface area contributed by atoms with Crippen molar-refractivity contribution in [3.8, 4) is 11.1 Å². The number of hydrogen-bond acceptors (Lipinski definition) is 7. The highest BCUT2D eigenvalue weighted by molar-refractivity contribution is 5.99. The van der Waals surface area contributed by atoms with Crippen LogP contribution in [0.1, 0.15) is 82.8 Å². The number of alkyl carbamates (subject to hydrolysis) is 1. The zero-order valence-electron chi connectivity index (χ0n) is 36.8. The van der Waals surface area contributed by atoms with Gasteiger partial charge in [-0.2, -0.15) is 0 Å². The monoisotopic (exact) mass is 856 g/mol. The number of benzene rings is 6. The molecule has 0 bridgehead atoms. The van der Waals surface area contributed by atoms with E-state index in [0.717, 1.165) is 44.5 Å². The Labute approximate surface area is 375 Å². The maximum absolute atomic E-state index is 14.1. The van der Waals surface area contributed by atoms with E-state index in [1.54, 1.807) is 24.3 Å². The SMILES string of the molecule is COC(=O)c1ccc(NC(=O)[C@H](CCCCNC(c2ccccc2)(c2ccccc2)c2ccc(C)cc2)NC(=O)[C@@H](NC(=O)OCC2c3ccccc3-c3ccccc32)C(C)C)cc1. The number of carbonyl (C=O) groups excluding carboxylic acids is 4. The third kappa shape index (κ3) is 10.2. The van der Waals surface area contributed by atoms with Crippen LogP contribution in [0, 0.1) is 12.8 Å². The lowest BCUT2D eigenvalue weighted by Crippen LogP contribution is -2.54. The largest absolute Gasteiger partial charge is 0.465 e. The minimum atomic E-state index is -0.987. The minimum absolute atomic E-state index is 0.0971. The molecule has 0 aliphatic heterocycles. The first-order valence-electron chi connectivity index (χ1n) is 21.9. The van der Waals surface area contributed by atoms with Crippen LogP contribution >= 0.6 is 0 Å². The molecule has 0 saturated heterocycles. The number of methoxy groups -OCH3 is 1. The zero-order valence-corrected chi connectivity index (χ0v) is 36.8. The first-order valence-corrected chi connectivity index (χ1v) is 21.9. The summed E-state index contributed by atoms with van der Waals surface area (Å²) in [6.07, 6.45) is 0.838. The summed E-state index contributed by atoms with van der Waals surface area (Å²) in [5.74, 6) is -1.90. The van der Waals surface area contributed by atoms with Crippen LogP contribution in [0.15, 0.2) is 158 Å². The van der Waals surface area contributed by atoms with Crippen molar-refractivity contribution in [1.82, 2.24) is 16.0 Å². The summed E-state index contributed by atoms with van der Waals surface area (Å²) in [5, 5.41) is 12.6. The molecule has 6 aromatic rings. The number of esters is 1. The van der Waals surface area contributed by atoms with E-state index in [-0.39, 0.29) is 18.4 Å². The van der Waals surface area contributed by atoms with Crippen LogP contribution in [-0.4, -0.2) is 56.2 Å². The number of anilines is 1. The summed E-state index contributed by atoms with van der Waals surface area (Å²) in [4.78, 5) is 53.6. The predicted octanol–water partition coefficient (Wildman–Crippen LogP) is 9.52. The minimum Gasteiger partial charge on any atom is -0.465 e. The van der Waals surface area contributed by atoms with Crippen LogP contribution in [0.5, 0.6) is 0 Å². The molecule has 0 heterocycles. The number of amides is 3. The fourth-order valence-corrected chi connectivity index (χ4v) is 8.60. The Kier molecular flexibility index (Phi) is 14.7. The van der Waals surface area contributed by atoms with Gasteiger partial charge in [-0.25, -0.2) is 9.59 Å². The van der Waals surface area contributed by atoms with Gasteiger partial charge in [0.05, 0.1) is 18.2 Å². The zero-order chi connectivity index (χ0) is 45.1. The highest BCUT2D eigenvalue weighted by atomic mass is 16.5. The predicted molar refractivity (Wildman–Crippen MR) is 251 cm³/mol. The average molecular weight is 857 g/mol. The van der Waals surface area contributed by atoms with Crippen LogP contribution in [-0.2, 0) is 24.6 Å². The van der Waals surface area contributed by atoms with Crippen molar-refractivity contribution in [3.63, 3.8) is 0 Å². The number of unbranched alkanes of at least 4 members (excludes halogenated alkanes) is 1. The van der Waals surface area contributed by atoms with Gasteiger partial charge in [0, 0.05) is 11.6 Å². The van der Waals surface area contributed by atoms with E-state index >= 15 is 0 Å². The molecule has 1 aliphatic rings. The van der Waals surface area contributed by atoms with E-state index in [0.29, 0.717) is 37.1 Å². The molecule has 64 heavy (non-hydrogen) atoms. The van der Waals surface area contributed by atoms with Gasteiger partial charge in [-0.3, -0.25) is 14.9 Å². The summed E-state index contributed by atoms with van der Waals surface area (Å²) < 4.78 is 10.6. The standard InChI is InChI=1S/C54H56N4O6/c1-36(2)49(58-53(62)64-35-47-45-23-13-11-21-43(45)44-22-12-14-24-46(44)47)51(60)57-48(50(59)56-42-32-28-38(29-33-42)52(61)63-4)25-15-16-34-55-54(39-17-7-5-8-18-39,40-19-9-6-10-20-40)41-30-26-37(3)27-31-41/h5-14,17-24,26-33,36,47-49,55H,15-16,25,34-35H2,1-4H3,(H,56,59)(H,57,60)(H,58,62)/t48-,49-/m0/s1. The van der Waals surface area contributed by atoms with Gasteiger partial charge in [-0.05, 0) is 102 Å². The maximum atomic E-state index is 14.1. The highest BCUT2D eigenvalue weighted by Gasteiger charge is 2.36. The molecule has 0 radical (unpaired) electrons. The van der Waals surface area contributed by atoms with Gasteiger partial charge in [0.1, 0.15) is 18.7 Å². The quantitative estimate of drug-likeness (QED) is 0.0385. The number of hydrogen-bond donors (Lipinski definition) is 4. The van der Waals surface area contributed by atoms with Crippen molar-refractivity contribution in [2.75, 3.05) is 25.6 Å². The van der Waals surface area contributed by atoms with E-state index < -0.39 is 41.5 Å². The van der Waals surface area contributed by atoms with Crippen LogP contribution in [0.4, 0.5) is 10.5 Å². The van der Waals surface area contributed by atoms with Crippen LogP contribution in [0.25, 0.3) is 11.1 Å². The second kappa shape index (κ2) is 20.9. The van der Waals surface area contributed by atoms with Gasteiger partial charge >= 0.3 is 12.1 Å². The lowest BCUT2D eigenvalue weighted by Gasteiger charge is -2.37. The van der Waals surface area contributed by atoms with Gasteiger partial charge in [-0.1, -0.05) is 153 Å². The maximum Gasteiger partial charge on any atom is 0.407 e. The molecule has 328 valence electrons. The summed E-state index contributed by atoms with van der Waals surface area (Å²) in [6, 6.07) is 49.9. The van der Waals surface area contributed by atoms with Gasteiger partial charge < -0.3 is 25.4 Å². The molecule has 0 fully saturated rings. The summed E-state index contributed by atoms with van der Waals surface area (Å²) in [7, 11) is 1.31. The highest BCUT2D eigenvalue weighted by Crippen LogP contribution is 2.44. The van der Waals surface area contributed by atoms with Crippen molar-refractivity contribution in [3.05, 3.63) is 197 Å². The van der Waals surface area contributed by atoms with Crippen LogP contribution in [0.2, 0.25) is 0 Å². The topological polar surface area (TPSA) is 135 Å². The van der Waals surface area contributed by atoms with Crippen LogP contribution < -0.4 is 21.3 Å². The fourth-order valence-electron chi connectivity index (χ4n) is 8.60. The molecule has 0 unspecified atom stereocenters. The molecule has 2 atom stereocenters. The number of fused-ring (bicyclic) bond motifs is 3. The molecule has 7 rings (SSSR count).